The monoisotopic (exact) mass is 591 g/mol. The van der Waals surface area contributed by atoms with E-state index < -0.39 is 27.9 Å². The Balaban J connectivity index is 1.52. The van der Waals surface area contributed by atoms with E-state index in [1.54, 1.807) is 48.5 Å². The van der Waals surface area contributed by atoms with Gasteiger partial charge < -0.3 is 14.4 Å². The van der Waals surface area contributed by atoms with E-state index in [9.17, 15) is 26.4 Å². The number of alkyl halides is 3. The van der Waals surface area contributed by atoms with Crippen molar-refractivity contribution in [2.24, 2.45) is 0 Å². The van der Waals surface area contributed by atoms with Crippen molar-refractivity contribution in [1.29, 1.82) is 0 Å². The van der Waals surface area contributed by atoms with Crippen LogP contribution >= 0.6 is 11.3 Å². The molecule has 2 aromatic heterocycles. The number of hydrogen-bond acceptors (Lipinski definition) is 7. The van der Waals surface area contributed by atoms with Gasteiger partial charge in [-0.15, -0.1) is 11.3 Å². The lowest BCUT2D eigenvalue weighted by atomic mass is 10.2. The average molecular weight is 592 g/mol. The van der Waals surface area contributed by atoms with Crippen molar-refractivity contribution in [3.8, 4) is 32.4 Å². The maximum absolute atomic E-state index is 13.7. The van der Waals surface area contributed by atoms with Gasteiger partial charge in [0.2, 0.25) is 5.91 Å². The lowest BCUT2D eigenvalue weighted by Crippen LogP contribution is -2.50. The van der Waals surface area contributed by atoms with Crippen molar-refractivity contribution in [3.63, 3.8) is 0 Å². The molecule has 0 N–H and O–H groups in total. The third-order valence-electron chi connectivity index (χ3n) is 6.23. The van der Waals surface area contributed by atoms with E-state index >= 15 is 0 Å². The molecule has 4 aromatic rings. The molecule has 1 amide bonds. The molecule has 0 saturated carbocycles. The van der Waals surface area contributed by atoms with Crippen LogP contribution in [0.15, 0.2) is 71.6 Å². The van der Waals surface area contributed by atoms with E-state index in [4.69, 9.17) is 9.47 Å². The minimum Gasteiger partial charge on any atom is -0.468 e. The number of nitrogens with zero attached hydrogens (tertiary/aromatic N) is 3. The van der Waals surface area contributed by atoms with Gasteiger partial charge in [-0.2, -0.15) is 18.3 Å². The Bertz CT molecular complexity index is 1660. The van der Waals surface area contributed by atoms with Gasteiger partial charge in [-0.1, -0.05) is 18.2 Å². The first-order chi connectivity index (χ1) is 18.9. The maximum Gasteiger partial charge on any atom is 0.435 e. The molecule has 1 saturated heterocycles. The van der Waals surface area contributed by atoms with Gasteiger partial charge in [0.25, 0.3) is 0 Å². The Morgan fingerprint density at radius 1 is 1.07 bits per heavy atom. The van der Waals surface area contributed by atoms with Crippen LogP contribution < -0.4 is 4.74 Å². The van der Waals surface area contributed by atoms with Crippen LogP contribution in [0, 0.1) is 0 Å². The number of thiophene rings is 1. The zero-order chi connectivity index (χ0) is 28.7. The Kier molecular flexibility index (Phi) is 7.46. The summed E-state index contributed by atoms with van der Waals surface area (Å²) < 4.78 is 77.8. The van der Waals surface area contributed by atoms with Crippen LogP contribution in [0.5, 0.6) is 5.75 Å². The first-order valence-electron chi connectivity index (χ1n) is 12.1. The Morgan fingerprint density at radius 2 is 1.82 bits per heavy atom. The first kappa shape index (κ1) is 27.9. The topological polar surface area (TPSA) is 90.7 Å². The molecule has 1 fully saturated rings. The number of carbonyl (C=O) groups is 1. The summed E-state index contributed by atoms with van der Waals surface area (Å²) in [5.74, 6) is 0.155. The van der Waals surface area contributed by atoms with Gasteiger partial charge in [0.1, 0.15) is 12.4 Å². The van der Waals surface area contributed by atoms with Crippen molar-refractivity contribution in [2.45, 2.75) is 24.2 Å². The van der Waals surface area contributed by atoms with Crippen molar-refractivity contribution >= 4 is 27.1 Å². The number of benzene rings is 2. The van der Waals surface area contributed by atoms with E-state index in [-0.39, 0.29) is 23.1 Å². The molecule has 1 aliphatic rings. The normalized spacial score (nSPS) is 16.2. The van der Waals surface area contributed by atoms with Crippen LogP contribution in [0.25, 0.3) is 26.7 Å². The summed E-state index contributed by atoms with van der Waals surface area (Å²) in [7, 11) is -3.43. The third kappa shape index (κ3) is 5.91. The van der Waals surface area contributed by atoms with Gasteiger partial charge in [0.15, 0.2) is 21.8 Å². The molecular weight excluding hydrogens is 567 g/mol. The Morgan fingerprint density at radius 3 is 2.55 bits per heavy atom. The van der Waals surface area contributed by atoms with Crippen LogP contribution in [0.2, 0.25) is 0 Å². The van der Waals surface area contributed by atoms with Crippen molar-refractivity contribution in [2.75, 3.05) is 26.0 Å². The van der Waals surface area contributed by atoms with Crippen LogP contribution in [-0.4, -0.2) is 61.2 Å². The third-order valence-corrected chi connectivity index (χ3v) is 8.50. The summed E-state index contributed by atoms with van der Waals surface area (Å²) in [6, 6.07) is 17.2. The highest BCUT2D eigenvalue weighted by Gasteiger charge is 2.35. The molecule has 3 heterocycles. The van der Waals surface area contributed by atoms with Crippen LogP contribution in [0.1, 0.15) is 12.6 Å². The molecule has 0 aliphatic carbocycles. The highest BCUT2D eigenvalue weighted by atomic mass is 32.2. The summed E-state index contributed by atoms with van der Waals surface area (Å²) >= 11 is 1.21. The molecule has 1 unspecified atom stereocenters. The predicted octanol–water partition coefficient (Wildman–Crippen LogP) is 5.27. The number of ether oxygens (including phenoxy) is 2. The Hall–Kier alpha value is -3.68. The number of aromatic nitrogens is 2. The minimum atomic E-state index is -4.68. The highest BCUT2D eigenvalue weighted by molar-refractivity contribution is 7.90. The first-order valence-corrected chi connectivity index (χ1v) is 14.8. The second-order valence-electron chi connectivity index (χ2n) is 9.15. The van der Waals surface area contributed by atoms with Crippen molar-refractivity contribution in [3.05, 3.63) is 72.4 Å². The van der Waals surface area contributed by atoms with Gasteiger partial charge >= 0.3 is 6.18 Å². The van der Waals surface area contributed by atoms with E-state index in [0.717, 1.165) is 12.3 Å². The standard InChI is InChI=1S/C27H24F3N3O5S2/c1-17(34)32-11-12-37-16-26(32)38-20-7-4-6-19(14-20)33-22(15-25(31-33)27(28,29)30)24-10-9-23(39-24)18-5-3-8-21(13-18)40(2,35)36/h3-10,13-15,26H,11-12,16H2,1-2H3. The van der Waals surface area contributed by atoms with E-state index in [1.807, 2.05) is 0 Å². The summed E-state index contributed by atoms with van der Waals surface area (Å²) in [6.45, 7) is 2.34. The van der Waals surface area contributed by atoms with Gasteiger partial charge in [-0.25, -0.2) is 13.1 Å². The lowest BCUT2D eigenvalue weighted by Gasteiger charge is -2.34. The minimum absolute atomic E-state index is 0.146. The zero-order valence-corrected chi connectivity index (χ0v) is 23.0. The summed E-state index contributed by atoms with van der Waals surface area (Å²) in [5.41, 5.74) is 0.0853. The molecule has 2 aromatic carbocycles. The zero-order valence-electron chi connectivity index (χ0n) is 21.4. The fraction of sp³-hybridized carbons (Fsp3) is 0.259. The fourth-order valence-corrected chi connectivity index (χ4v) is 5.96. The number of rotatable bonds is 6. The Labute approximate surface area is 232 Å². The summed E-state index contributed by atoms with van der Waals surface area (Å²) in [6.07, 6.45) is -4.24. The summed E-state index contributed by atoms with van der Waals surface area (Å²) in [4.78, 5) is 14.9. The van der Waals surface area contributed by atoms with Gasteiger partial charge in [0, 0.05) is 30.7 Å². The van der Waals surface area contributed by atoms with Crippen LogP contribution in [0.3, 0.4) is 0 Å². The SMILES string of the molecule is CC(=O)N1CCOCC1Oc1cccc(-n2nc(C(F)(F)F)cc2-c2ccc(-c3cccc(S(C)(=O)=O)c3)s2)c1. The van der Waals surface area contributed by atoms with Gasteiger partial charge in [0.05, 0.1) is 27.8 Å². The van der Waals surface area contributed by atoms with Crippen molar-refractivity contribution < 1.29 is 35.9 Å². The molecule has 0 spiro atoms. The van der Waals surface area contributed by atoms with E-state index in [1.165, 1.54) is 40.0 Å². The molecule has 1 atom stereocenters. The molecule has 8 nitrogen and oxygen atoms in total. The summed E-state index contributed by atoms with van der Waals surface area (Å²) in [5, 5.41) is 3.86. The van der Waals surface area contributed by atoms with E-state index in [0.29, 0.717) is 39.9 Å². The average Bonchev–Trinajstić information content (AvgIpc) is 3.57. The number of sulfone groups is 1. The van der Waals surface area contributed by atoms with Crippen molar-refractivity contribution in [1.82, 2.24) is 14.7 Å². The molecular formula is C27H24F3N3O5S2. The quantitative estimate of drug-likeness (QED) is 0.303. The largest absolute Gasteiger partial charge is 0.468 e. The number of hydrogen-bond donors (Lipinski definition) is 0. The van der Waals surface area contributed by atoms with Crippen LogP contribution in [0.4, 0.5) is 13.2 Å². The molecule has 5 rings (SSSR count). The molecule has 0 bridgehead atoms. The second-order valence-corrected chi connectivity index (χ2v) is 12.2. The van der Waals surface area contributed by atoms with Gasteiger partial charge in [-0.05, 0) is 48.0 Å². The fourth-order valence-electron chi connectivity index (χ4n) is 4.29. The predicted molar refractivity (Wildman–Crippen MR) is 143 cm³/mol. The molecule has 0 radical (unpaired) electrons. The maximum atomic E-state index is 13.7. The number of morpholine rings is 1. The van der Waals surface area contributed by atoms with Gasteiger partial charge in [-0.3, -0.25) is 4.79 Å². The van der Waals surface area contributed by atoms with Crippen LogP contribution in [-0.2, 0) is 25.5 Å². The molecule has 1 aliphatic heterocycles. The molecule has 13 heteroatoms. The smallest absolute Gasteiger partial charge is 0.435 e. The number of halogens is 3. The lowest BCUT2D eigenvalue weighted by molar-refractivity contribution is -0.150. The second kappa shape index (κ2) is 10.7. The highest BCUT2D eigenvalue weighted by Crippen LogP contribution is 2.39. The molecule has 210 valence electrons. The number of amides is 1. The van der Waals surface area contributed by atoms with E-state index in [2.05, 4.69) is 5.10 Å². The number of carbonyl (C=O) groups excluding carboxylic acids is 1. The molecule has 40 heavy (non-hydrogen) atoms.